The number of hydrogen-bond donors (Lipinski definition) is 3. The summed E-state index contributed by atoms with van der Waals surface area (Å²) in [4.78, 5) is 18.9. The summed E-state index contributed by atoms with van der Waals surface area (Å²) < 4.78 is 10.5. The van der Waals surface area contributed by atoms with E-state index in [1.165, 1.54) is 6.07 Å². The number of methoxy groups -OCH3 is 1. The number of nitrogens with zero attached hydrogens (tertiary/aromatic N) is 1. The van der Waals surface area contributed by atoms with Crippen molar-refractivity contribution in [1.29, 1.82) is 0 Å². The fraction of sp³-hybridized carbons (Fsp3) is 0.0400. The molecule has 166 valence electrons. The van der Waals surface area contributed by atoms with Crippen LogP contribution in [0.25, 0.3) is 44.3 Å². The van der Waals surface area contributed by atoms with Crippen LogP contribution < -0.4 is 9.47 Å². The van der Waals surface area contributed by atoms with Gasteiger partial charge >= 0.3 is 6.16 Å². The minimum Gasteiger partial charge on any atom is -0.507 e. The molecule has 0 spiro atoms. The summed E-state index contributed by atoms with van der Waals surface area (Å²) in [7, 11) is 1.62. The molecule has 0 amide bonds. The zero-order chi connectivity index (χ0) is 22.2. The van der Waals surface area contributed by atoms with Gasteiger partial charge in [0.1, 0.15) is 28.6 Å². The minimum absolute atomic E-state index is 0. The summed E-state index contributed by atoms with van der Waals surface area (Å²) in [5.74, 6) is 1.19. The smallest absolute Gasteiger partial charge is 0.507 e. The molecule has 4 aromatic carbocycles. The van der Waals surface area contributed by atoms with Crippen molar-refractivity contribution < 1.29 is 24.5 Å². The Bertz CT molecular complexity index is 1480. The van der Waals surface area contributed by atoms with Crippen molar-refractivity contribution in [2.45, 2.75) is 0 Å². The zero-order valence-corrected chi connectivity index (χ0v) is 18.2. The van der Waals surface area contributed by atoms with Gasteiger partial charge in [-0.25, -0.2) is 9.78 Å². The van der Waals surface area contributed by atoms with E-state index in [0.29, 0.717) is 27.9 Å². The van der Waals surface area contributed by atoms with Gasteiger partial charge in [-0.15, -0.1) is 12.4 Å². The van der Waals surface area contributed by atoms with Gasteiger partial charge in [-0.05, 0) is 29.1 Å². The van der Waals surface area contributed by atoms with Crippen molar-refractivity contribution in [3.8, 4) is 39.8 Å². The van der Waals surface area contributed by atoms with Crippen LogP contribution in [-0.2, 0) is 0 Å². The Kier molecular flexibility index (Phi) is 5.81. The third-order valence-corrected chi connectivity index (χ3v) is 5.28. The largest absolute Gasteiger partial charge is 0.511 e. The van der Waals surface area contributed by atoms with Crippen molar-refractivity contribution in [3.63, 3.8) is 0 Å². The third-order valence-electron chi connectivity index (χ3n) is 5.28. The summed E-state index contributed by atoms with van der Waals surface area (Å²) in [6.07, 6.45) is -1.45. The zero-order valence-electron chi connectivity index (χ0n) is 17.4. The number of phenols is 1. The van der Waals surface area contributed by atoms with E-state index in [1.54, 1.807) is 19.2 Å². The van der Waals surface area contributed by atoms with Crippen LogP contribution >= 0.6 is 12.4 Å². The van der Waals surface area contributed by atoms with Crippen molar-refractivity contribution >= 4 is 40.4 Å². The van der Waals surface area contributed by atoms with Gasteiger partial charge in [0.2, 0.25) is 0 Å². The molecule has 5 aromatic rings. The van der Waals surface area contributed by atoms with Gasteiger partial charge in [0.15, 0.2) is 0 Å². The molecule has 0 aliphatic heterocycles. The number of ether oxygens (including phenoxy) is 2. The van der Waals surface area contributed by atoms with Crippen molar-refractivity contribution in [1.82, 2.24) is 9.97 Å². The molecule has 0 saturated heterocycles. The Morgan fingerprint density at radius 2 is 1.73 bits per heavy atom. The lowest BCUT2D eigenvalue weighted by atomic mass is 10.0. The second kappa shape index (κ2) is 8.72. The molecule has 0 aliphatic carbocycles. The van der Waals surface area contributed by atoms with Gasteiger partial charge in [0.05, 0.1) is 23.6 Å². The number of para-hydroxylation sites is 1. The van der Waals surface area contributed by atoms with E-state index in [1.807, 2.05) is 54.6 Å². The number of aromatic nitrogens is 2. The Morgan fingerprint density at radius 3 is 2.45 bits per heavy atom. The molecular formula is C25H19ClN2O5. The first-order valence-electron chi connectivity index (χ1n) is 9.84. The molecule has 0 radical (unpaired) electrons. The van der Waals surface area contributed by atoms with Crippen LogP contribution in [0.4, 0.5) is 4.79 Å². The van der Waals surface area contributed by atoms with Crippen LogP contribution in [0.15, 0.2) is 72.8 Å². The van der Waals surface area contributed by atoms with E-state index < -0.39 is 6.16 Å². The molecule has 0 saturated carbocycles. The number of imidazole rings is 1. The molecule has 0 aliphatic rings. The van der Waals surface area contributed by atoms with Crippen molar-refractivity contribution in [2.24, 2.45) is 0 Å². The van der Waals surface area contributed by atoms with Crippen LogP contribution in [0.5, 0.6) is 17.2 Å². The molecule has 0 atom stereocenters. The summed E-state index contributed by atoms with van der Waals surface area (Å²) in [5.41, 5.74) is 4.03. The van der Waals surface area contributed by atoms with E-state index in [0.717, 1.165) is 22.2 Å². The van der Waals surface area contributed by atoms with Gasteiger partial charge < -0.3 is 24.7 Å². The van der Waals surface area contributed by atoms with E-state index >= 15 is 0 Å². The number of H-pyrrole nitrogens is 1. The quantitative estimate of drug-likeness (QED) is 0.215. The Labute approximate surface area is 194 Å². The Morgan fingerprint density at radius 1 is 0.970 bits per heavy atom. The second-order valence-corrected chi connectivity index (χ2v) is 7.21. The maximum absolute atomic E-state index is 10.8. The van der Waals surface area contributed by atoms with Gasteiger partial charge in [-0.1, -0.05) is 48.5 Å². The first kappa shape index (κ1) is 22.0. The molecule has 1 aromatic heterocycles. The molecular weight excluding hydrogens is 444 g/mol. The molecule has 33 heavy (non-hydrogen) atoms. The number of benzene rings is 4. The highest BCUT2D eigenvalue weighted by molar-refractivity contribution is 6.09. The number of rotatable bonds is 4. The first-order valence-corrected chi connectivity index (χ1v) is 9.84. The van der Waals surface area contributed by atoms with Crippen molar-refractivity contribution in [3.05, 3.63) is 72.8 Å². The average Bonchev–Trinajstić information content (AvgIpc) is 3.22. The molecule has 0 fully saturated rings. The van der Waals surface area contributed by atoms with Crippen LogP contribution in [0.3, 0.4) is 0 Å². The van der Waals surface area contributed by atoms with Gasteiger partial charge in [0.25, 0.3) is 0 Å². The number of fused-ring (bicyclic) bond motifs is 3. The maximum Gasteiger partial charge on any atom is 0.511 e. The summed E-state index contributed by atoms with van der Waals surface area (Å²) >= 11 is 0. The summed E-state index contributed by atoms with van der Waals surface area (Å²) in [5, 5.41) is 20.5. The van der Waals surface area contributed by atoms with Crippen LogP contribution in [0, 0.1) is 0 Å². The number of hydrogen-bond acceptors (Lipinski definition) is 5. The number of phenolic OH excluding ortho intramolecular Hbond substituents is 1. The number of carbonyl (C=O) groups is 1. The highest BCUT2D eigenvalue weighted by atomic mass is 35.5. The topological polar surface area (TPSA) is 105 Å². The molecule has 0 unspecified atom stereocenters. The monoisotopic (exact) mass is 462 g/mol. The Hall–Kier alpha value is -4.23. The highest BCUT2D eigenvalue weighted by Crippen LogP contribution is 2.40. The van der Waals surface area contributed by atoms with Crippen LogP contribution in [-0.4, -0.2) is 33.4 Å². The molecule has 5 rings (SSSR count). The standard InChI is InChI=1S/C25H18N2O5.ClH/c1-31-23-17(14-6-3-2-4-7-14)8-5-9-18(23)24-26-19-11-10-15-12-16(32-25(29)30)13-20(28)21(15)22(19)27-24;/h2-13,28H,1H3,(H,26,27)(H,29,30);1H. The Balaban J connectivity index is 0.00000259. The molecule has 3 N–H and O–H groups in total. The van der Waals surface area contributed by atoms with E-state index in [-0.39, 0.29) is 23.9 Å². The van der Waals surface area contributed by atoms with E-state index in [9.17, 15) is 9.90 Å². The molecule has 1 heterocycles. The lowest BCUT2D eigenvalue weighted by molar-refractivity contribution is 0.144. The second-order valence-electron chi connectivity index (χ2n) is 7.21. The van der Waals surface area contributed by atoms with E-state index in [2.05, 4.69) is 9.72 Å². The predicted octanol–water partition coefficient (Wildman–Crippen LogP) is 6.24. The van der Waals surface area contributed by atoms with Crippen molar-refractivity contribution in [2.75, 3.05) is 7.11 Å². The number of aromatic hydroxyl groups is 1. The van der Waals surface area contributed by atoms with Crippen LogP contribution in [0.2, 0.25) is 0 Å². The maximum atomic E-state index is 10.8. The lowest BCUT2D eigenvalue weighted by Gasteiger charge is -2.12. The number of halogens is 1. The lowest BCUT2D eigenvalue weighted by Crippen LogP contribution is -2.02. The summed E-state index contributed by atoms with van der Waals surface area (Å²) in [6.45, 7) is 0. The SMILES string of the molecule is COc1c(-c2ccccc2)cccc1-c1nc2c(ccc3cc(OC(=O)O)cc(O)c32)[nH]1.Cl. The first-order chi connectivity index (χ1) is 15.5. The fourth-order valence-electron chi connectivity index (χ4n) is 3.96. The van der Waals surface area contributed by atoms with Gasteiger partial charge in [0, 0.05) is 11.6 Å². The summed E-state index contributed by atoms with van der Waals surface area (Å²) in [6, 6.07) is 22.2. The number of aromatic amines is 1. The molecule has 8 heteroatoms. The predicted molar refractivity (Wildman–Crippen MR) is 129 cm³/mol. The number of nitrogens with one attached hydrogen (secondary N) is 1. The van der Waals surface area contributed by atoms with Gasteiger partial charge in [-0.3, -0.25) is 0 Å². The van der Waals surface area contributed by atoms with E-state index in [4.69, 9.17) is 14.8 Å². The average molecular weight is 463 g/mol. The normalized spacial score (nSPS) is 10.7. The minimum atomic E-state index is -1.45. The highest BCUT2D eigenvalue weighted by Gasteiger charge is 2.18. The number of carboxylic acid groups (broad SMARTS) is 1. The van der Waals surface area contributed by atoms with Crippen LogP contribution in [0.1, 0.15) is 0 Å². The molecule has 0 bridgehead atoms. The molecule has 7 nitrogen and oxygen atoms in total. The van der Waals surface area contributed by atoms with Gasteiger partial charge in [-0.2, -0.15) is 0 Å². The fourth-order valence-corrected chi connectivity index (χ4v) is 3.96. The third kappa shape index (κ3) is 3.90.